The number of para-hydroxylation sites is 1. The molecule has 0 saturated carbocycles. The van der Waals surface area contributed by atoms with E-state index < -0.39 is 0 Å². The summed E-state index contributed by atoms with van der Waals surface area (Å²) in [4.78, 5) is 9.16. The molecule has 0 atom stereocenters. The Morgan fingerprint density at radius 3 is 2.00 bits per heavy atom. The van der Waals surface area contributed by atoms with Crippen molar-refractivity contribution in [1.82, 2.24) is 14.4 Å². The van der Waals surface area contributed by atoms with Crippen LogP contribution in [-0.4, -0.2) is 14.4 Å². The van der Waals surface area contributed by atoms with Crippen molar-refractivity contribution in [2.24, 2.45) is 0 Å². The van der Waals surface area contributed by atoms with Gasteiger partial charge in [-0.1, -0.05) is 80.6 Å². The highest BCUT2D eigenvalue weighted by atomic mass is 16.3. The predicted octanol–water partition coefficient (Wildman–Crippen LogP) is 9.94. The largest absolute Gasteiger partial charge is 0.437 e. The monoisotopic (exact) mass is 553 g/mol. The Morgan fingerprint density at radius 1 is 0.628 bits per heavy atom. The number of aromatic nitrogens is 3. The third-order valence-electron chi connectivity index (χ3n) is 9.15. The molecule has 0 spiro atoms. The molecule has 4 nitrogen and oxygen atoms in total. The highest BCUT2D eigenvalue weighted by molar-refractivity contribution is 6.03. The summed E-state index contributed by atoms with van der Waals surface area (Å²) in [5.74, 6) is 0. The minimum atomic E-state index is -0.0962. The molecule has 0 saturated heterocycles. The lowest BCUT2D eigenvalue weighted by molar-refractivity contribution is 0.649. The normalized spacial score (nSPS) is 13.5. The first-order chi connectivity index (χ1) is 21.0. The molecule has 43 heavy (non-hydrogen) atoms. The molecule has 4 aromatic carbocycles. The minimum Gasteiger partial charge on any atom is -0.437 e. The van der Waals surface area contributed by atoms with E-state index in [1.807, 2.05) is 36.7 Å². The summed E-state index contributed by atoms with van der Waals surface area (Å²) < 4.78 is 8.23. The molecule has 4 heteroatoms. The summed E-state index contributed by atoms with van der Waals surface area (Å²) in [6, 6.07) is 39.0. The summed E-state index contributed by atoms with van der Waals surface area (Å²) in [5, 5.41) is 1.04. The van der Waals surface area contributed by atoms with E-state index in [9.17, 15) is 0 Å². The van der Waals surface area contributed by atoms with Gasteiger partial charge in [-0.25, -0.2) is 4.98 Å². The molecule has 0 radical (unpaired) electrons. The summed E-state index contributed by atoms with van der Waals surface area (Å²) >= 11 is 0. The number of rotatable bonds is 3. The SMILES string of the molecule is CC1(C)c2cc(-c3ccc(-c4ccc5nc6c7ccccc7oc6n5c4)cc3)ccc2-c2ccc(-c3cccnc3)cc21. The van der Waals surface area contributed by atoms with Gasteiger partial charge in [-0.3, -0.25) is 9.38 Å². The quantitative estimate of drug-likeness (QED) is 0.219. The fraction of sp³-hybridized carbons (Fsp3) is 0.0769. The first-order valence-corrected chi connectivity index (χ1v) is 14.6. The maximum absolute atomic E-state index is 6.18. The van der Waals surface area contributed by atoms with Crippen LogP contribution in [0.3, 0.4) is 0 Å². The molecule has 0 unspecified atom stereocenters. The number of benzene rings is 4. The molecule has 4 aromatic heterocycles. The first-order valence-electron chi connectivity index (χ1n) is 14.6. The van der Waals surface area contributed by atoms with Crippen molar-refractivity contribution in [2.45, 2.75) is 19.3 Å². The lowest BCUT2D eigenvalue weighted by Gasteiger charge is -2.22. The lowest BCUT2D eigenvalue weighted by Crippen LogP contribution is -2.15. The molecular weight excluding hydrogens is 526 g/mol. The molecule has 0 fully saturated rings. The highest BCUT2D eigenvalue weighted by Crippen LogP contribution is 2.50. The van der Waals surface area contributed by atoms with E-state index in [0.29, 0.717) is 0 Å². The van der Waals surface area contributed by atoms with Gasteiger partial charge in [0.25, 0.3) is 0 Å². The van der Waals surface area contributed by atoms with E-state index in [4.69, 9.17) is 9.40 Å². The van der Waals surface area contributed by atoms with Crippen molar-refractivity contribution in [2.75, 3.05) is 0 Å². The van der Waals surface area contributed by atoms with E-state index in [0.717, 1.165) is 44.5 Å². The van der Waals surface area contributed by atoms with Gasteiger partial charge >= 0.3 is 0 Å². The van der Waals surface area contributed by atoms with Crippen molar-refractivity contribution < 1.29 is 4.42 Å². The van der Waals surface area contributed by atoms with Gasteiger partial charge < -0.3 is 4.42 Å². The molecule has 204 valence electrons. The van der Waals surface area contributed by atoms with Crippen LogP contribution in [0.2, 0.25) is 0 Å². The molecule has 0 aliphatic heterocycles. The summed E-state index contributed by atoms with van der Waals surface area (Å²) in [5.41, 5.74) is 15.8. The number of fused-ring (bicyclic) bond motifs is 8. The Labute approximate surface area is 248 Å². The number of imidazole rings is 1. The van der Waals surface area contributed by atoms with Gasteiger partial charge in [-0.2, -0.15) is 0 Å². The summed E-state index contributed by atoms with van der Waals surface area (Å²) in [7, 11) is 0. The van der Waals surface area contributed by atoms with Crippen molar-refractivity contribution >= 4 is 27.8 Å². The molecule has 8 aromatic rings. The van der Waals surface area contributed by atoms with Gasteiger partial charge in [-0.15, -0.1) is 0 Å². The molecule has 1 aliphatic carbocycles. The Hall–Kier alpha value is -5.48. The molecule has 9 rings (SSSR count). The Balaban J connectivity index is 1.06. The number of hydrogen-bond donors (Lipinski definition) is 0. The van der Waals surface area contributed by atoms with Crippen LogP contribution < -0.4 is 0 Å². The van der Waals surface area contributed by atoms with Gasteiger partial charge in [-0.05, 0) is 98.1 Å². The number of pyridine rings is 2. The molecule has 0 bridgehead atoms. The topological polar surface area (TPSA) is 43.3 Å². The van der Waals surface area contributed by atoms with Gasteiger partial charge in [0.2, 0.25) is 5.71 Å². The van der Waals surface area contributed by atoms with Crippen molar-refractivity contribution in [3.8, 4) is 44.5 Å². The zero-order chi connectivity index (χ0) is 28.7. The van der Waals surface area contributed by atoms with Crippen LogP contribution in [0.5, 0.6) is 0 Å². The molecule has 0 N–H and O–H groups in total. The Kier molecular flexibility index (Phi) is 4.92. The third kappa shape index (κ3) is 3.56. The van der Waals surface area contributed by atoms with Crippen LogP contribution in [0.4, 0.5) is 0 Å². The second-order valence-corrected chi connectivity index (χ2v) is 12.0. The summed E-state index contributed by atoms with van der Waals surface area (Å²) in [6.07, 6.45) is 5.88. The number of hydrogen-bond acceptors (Lipinski definition) is 3. The van der Waals surface area contributed by atoms with E-state index in [1.54, 1.807) is 0 Å². The lowest BCUT2D eigenvalue weighted by atomic mass is 9.81. The van der Waals surface area contributed by atoms with Gasteiger partial charge in [0.05, 0.1) is 0 Å². The van der Waals surface area contributed by atoms with Gasteiger partial charge in [0, 0.05) is 29.4 Å². The smallest absolute Gasteiger partial charge is 0.232 e. The van der Waals surface area contributed by atoms with E-state index in [-0.39, 0.29) is 5.41 Å². The van der Waals surface area contributed by atoms with E-state index in [1.165, 1.54) is 38.9 Å². The second kappa shape index (κ2) is 8.76. The molecular formula is C39H27N3O. The molecule has 0 amide bonds. The minimum absolute atomic E-state index is 0.0962. The number of furan rings is 1. The zero-order valence-electron chi connectivity index (χ0n) is 23.9. The van der Waals surface area contributed by atoms with E-state index >= 15 is 0 Å². The summed E-state index contributed by atoms with van der Waals surface area (Å²) in [6.45, 7) is 4.67. The maximum Gasteiger partial charge on any atom is 0.232 e. The standard InChI is InChI=1S/C39H27N3O/c1-39(2)33-20-26(13-16-30(33)31-17-14-27(21-34(31)39)28-6-5-19-40-22-28)24-9-11-25(12-10-24)29-15-18-36-41-37-32-7-3-4-8-35(32)43-38(37)42(36)23-29/h3-23H,1-2H3. The highest BCUT2D eigenvalue weighted by Gasteiger charge is 2.35. The van der Waals surface area contributed by atoms with Crippen LogP contribution in [-0.2, 0) is 5.41 Å². The third-order valence-corrected chi connectivity index (χ3v) is 9.15. The molecule has 1 aliphatic rings. The molecule has 4 heterocycles. The fourth-order valence-electron chi connectivity index (χ4n) is 6.81. The average molecular weight is 554 g/mol. The Morgan fingerprint density at radius 2 is 1.28 bits per heavy atom. The first kappa shape index (κ1) is 24.2. The van der Waals surface area contributed by atoms with Gasteiger partial charge in [0.15, 0.2) is 0 Å². The average Bonchev–Trinajstić information content (AvgIpc) is 3.67. The fourth-order valence-corrected chi connectivity index (χ4v) is 6.81. The zero-order valence-corrected chi connectivity index (χ0v) is 23.9. The maximum atomic E-state index is 6.18. The Bertz CT molecular complexity index is 2360. The van der Waals surface area contributed by atoms with Crippen molar-refractivity contribution in [3.05, 3.63) is 139 Å². The van der Waals surface area contributed by atoms with Crippen LogP contribution in [0.25, 0.3) is 72.4 Å². The van der Waals surface area contributed by atoms with Crippen molar-refractivity contribution in [1.29, 1.82) is 0 Å². The van der Waals surface area contributed by atoms with Crippen molar-refractivity contribution in [3.63, 3.8) is 0 Å². The van der Waals surface area contributed by atoms with Crippen LogP contribution in [0.15, 0.2) is 132 Å². The van der Waals surface area contributed by atoms with Crippen LogP contribution in [0.1, 0.15) is 25.0 Å². The second-order valence-electron chi connectivity index (χ2n) is 12.0. The van der Waals surface area contributed by atoms with E-state index in [2.05, 4.69) is 114 Å². The van der Waals surface area contributed by atoms with Crippen LogP contribution >= 0.6 is 0 Å². The predicted molar refractivity (Wildman–Crippen MR) is 174 cm³/mol. The number of nitrogens with zero attached hydrogens (tertiary/aromatic N) is 3. The van der Waals surface area contributed by atoms with Gasteiger partial charge in [0.1, 0.15) is 16.7 Å². The van der Waals surface area contributed by atoms with Crippen LogP contribution in [0, 0.1) is 0 Å².